The van der Waals surface area contributed by atoms with Crippen molar-refractivity contribution in [2.45, 2.75) is 0 Å². The van der Waals surface area contributed by atoms with Crippen LogP contribution in [-0.4, -0.2) is 15.0 Å². The number of fused-ring (bicyclic) bond motifs is 3. The Kier molecular flexibility index (Phi) is 6.32. The minimum Gasteiger partial charge on any atom is -0.208 e. The first-order valence-electron chi connectivity index (χ1n) is 14.3. The van der Waals surface area contributed by atoms with Crippen LogP contribution in [0.1, 0.15) is 0 Å². The number of nitrogens with zero attached hydrogens (tertiary/aromatic N) is 3. The van der Waals surface area contributed by atoms with Crippen LogP contribution in [-0.2, 0) is 0 Å². The van der Waals surface area contributed by atoms with Crippen molar-refractivity contribution >= 4 is 31.5 Å². The third kappa shape index (κ3) is 4.78. The molecule has 0 atom stereocenters. The Bertz CT molecular complexity index is 2160. The van der Waals surface area contributed by atoms with E-state index in [1.165, 1.54) is 36.9 Å². The van der Waals surface area contributed by atoms with E-state index < -0.39 is 0 Å². The van der Waals surface area contributed by atoms with Gasteiger partial charge in [0.15, 0.2) is 17.5 Å². The molecule has 2 aromatic heterocycles. The summed E-state index contributed by atoms with van der Waals surface area (Å²) < 4.78 is 2.65. The molecule has 0 radical (unpaired) electrons. The second kappa shape index (κ2) is 10.8. The zero-order valence-electron chi connectivity index (χ0n) is 23.2. The fraction of sp³-hybridized carbons (Fsp3) is 0. The van der Waals surface area contributed by atoms with Crippen LogP contribution in [0.4, 0.5) is 0 Å². The van der Waals surface area contributed by atoms with E-state index in [2.05, 4.69) is 91.0 Å². The molecule has 0 saturated carbocycles. The molecule has 0 aliphatic carbocycles. The summed E-state index contributed by atoms with van der Waals surface area (Å²) in [7, 11) is 0. The highest BCUT2D eigenvalue weighted by Gasteiger charge is 2.13. The van der Waals surface area contributed by atoms with Crippen molar-refractivity contribution in [3.63, 3.8) is 0 Å². The van der Waals surface area contributed by atoms with Gasteiger partial charge in [0.1, 0.15) is 0 Å². The molecule has 3 nitrogen and oxygen atoms in total. The van der Waals surface area contributed by atoms with Gasteiger partial charge >= 0.3 is 0 Å². The molecule has 8 rings (SSSR count). The van der Waals surface area contributed by atoms with E-state index in [0.29, 0.717) is 17.5 Å². The maximum Gasteiger partial charge on any atom is 0.164 e. The summed E-state index contributed by atoms with van der Waals surface area (Å²) in [6.45, 7) is 0. The molecule has 2 heterocycles. The lowest BCUT2D eigenvalue weighted by atomic mass is 9.97. The van der Waals surface area contributed by atoms with Crippen molar-refractivity contribution in [3.8, 4) is 56.4 Å². The smallest absolute Gasteiger partial charge is 0.164 e. The van der Waals surface area contributed by atoms with Crippen LogP contribution in [0.15, 0.2) is 152 Å². The van der Waals surface area contributed by atoms with Gasteiger partial charge < -0.3 is 0 Å². The topological polar surface area (TPSA) is 38.7 Å². The zero-order chi connectivity index (χ0) is 28.6. The van der Waals surface area contributed by atoms with Gasteiger partial charge in [-0.2, -0.15) is 0 Å². The van der Waals surface area contributed by atoms with Crippen molar-refractivity contribution in [1.82, 2.24) is 15.0 Å². The summed E-state index contributed by atoms with van der Waals surface area (Å²) in [4.78, 5) is 14.6. The SMILES string of the molecule is c1ccc(-c2nc(-c3ccccc3)nc(-c3ccc(-c4cccc(-c5cccc6c5sc5ccccc56)c4)cc3)n2)cc1. The summed E-state index contributed by atoms with van der Waals surface area (Å²) >= 11 is 1.86. The summed E-state index contributed by atoms with van der Waals surface area (Å²) in [5.41, 5.74) is 7.69. The van der Waals surface area contributed by atoms with Crippen molar-refractivity contribution in [3.05, 3.63) is 152 Å². The number of hydrogen-bond acceptors (Lipinski definition) is 4. The Morgan fingerprint density at radius 1 is 0.349 bits per heavy atom. The Hall–Kier alpha value is -5.45. The number of hydrogen-bond donors (Lipinski definition) is 0. The van der Waals surface area contributed by atoms with Gasteiger partial charge in [-0.05, 0) is 34.4 Å². The average Bonchev–Trinajstić information content (AvgIpc) is 3.48. The van der Waals surface area contributed by atoms with Gasteiger partial charge in [-0.15, -0.1) is 11.3 Å². The average molecular weight is 568 g/mol. The van der Waals surface area contributed by atoms with Gasteiger partial charge in [-0.1, -0.05) is 140 Å². The van der Waals surface area contributed by atoms with E-state index in [0.717, 1.165) is 22.3 Å². The highest BCUT2D eigenvalue weighted by Crippen LogP contribution is 2.40. The van der Waals surface area contributed by atoms with Gasteiger partial charge in [-0.25, -0.2) is 15.0 Å². The molecular formula is C39H25N3S. The van der Waals surface area contributed by atoms with Crippen LogP contribution in [0.5, 0.6) is 0 Å². The number of aromatic nitrogens is 3. The largest absolute Gasteiger partial charge is 0.208 e. The summed E-state index contributed by atoms with van der Waals surface area (Å²) in [5, 5.41) is 2.63. The lowest BCUT2D eigenvalue weighted by molar-refractivity contribution is 1.07. The molecule has 0 fully saturated rings. The molecule has 0 saturated heterocycles. The molecule has 0 spiro atoms. The highest BCUT2D eigenvalue weighted by atomic mass is 32.1. The molecule has 0 amide bonds. The van der Waals surface area contributed by atoms with E-state index in [1.807, 2.05) is 72.0 Å². The third-order valence-electron chi connectivity index (χ3n) is 7.75. The minimum absolute atomic E-state index is 0.657. The minimum atomic E-state index is 0.657. The van der Waals surface area contributed by atoms with Crippen molar-refractivity contribution < 1.29 is 0 Å². The molecule has 0 N–H and O–H groups in total. The molecule has 0 aliphatic heterocycles. The standard InChI is InChI=1S/C39H25N3S/c1-3-11-27(12-4-1)37-40-38(28-13-5-2-6-14-28)42-39(41-37)29-23-21-26(22-24-29)30-15-9-16-31(25-30)32-18-10-19-34-33-17-7-8-20-35(33)43-36(32)34/h1-25H. The van der Waals surface area contributed by atoms with E-state index in [-0.39, 0.29) is 0 Å². The lowest BCUT2D eigenvalue weighted by Gasteiger charge is -2.10. The fourth-order valence-corrected chi connectivity index (χ4v) is 6.83. The third-order valence-corrected chi connectivity index (χ3v) is 8.97. The maximum absolute atomic E-state index is 4.88. The second-order valence-corrected chi connectivity index (χ2v) is 11.5. The second-order valence-electron chi connectivity index (χ2n) is 10.5. The van der Waals surface area contributed by atoms with Crippen molar-refractivity contribution in [2.24, 2.45) is 0 Å². The summed E-state index contributed by atoms with van der Waals surface area (Å²) in [5.74, 6) is 1.98. The summed E-state index contributed by atoms with van der Waals surface area (Å²) in [6.07, 6.45) is 0. The molecule has 4 heteroatoms. The predicted octanol–water partition coefficient (Wildman–Crippen LogP) is 10.6. The molecular weight excluding hydrogens is 543 g/mol. The molecule has 8 aromatic rings. The van der Waals surface area contributed by atoms with Gasteiger partial charge in [-0.3, -0.25) is 0 Å². The van der Waals surface area contributed by atoms with Crippen molar-refractivity contribution in [1.29, 1.82) is 0 Å². The van der Waals surface area contributed by atoms with Crippen LogP contribution in [0.3, 0.4) is 0 Å². The van der Waals surface area contributed by atoms with Gasteiger partial charge in [0.2, 0.25) is 0 Å². The number of benzene rings is 6. The van der Waals surface area contributed by atoms with Gasteiger partial charge in [0.05, 0.1) is 0 Å². The monoisotopic (exact) mass is 567 g/mol. The van der Waals surface area contributed by atoms with Crippen molar-refractivity contribution in [2.75, 3.05) is 0 Å². The lowest BCUT2D eigenvalue weighted by Crippen LogP contribution is -2.00. The van der Waals surface area contributed by atoms with Crippen LogP contribution >= 0.6 is 11.3 Å². The quantitative estimate of drug-likeness (QED) is 0.208. The molecule has 202 valence electrons. The van der Waals surface area contributed by atoms with E-state index >= 15 is 0 Å². The van der Waals surface area contributed by atoms with Crippen LogP contribution in [0.2, 0.25) is 0 Å². The first-order chi connectivity index (χ1) is 21.3. The fourth-order valence-electron chi connectivity index (χ4n) is 5.59. The van der Waals surface area contributed by atoms with Crippen LogP contribution in [0, 0.1) is 0 Å². The molecule has 0 bridgehead atoms. The Labute approximate surface area is 253 Å². The Morgan fingerprint density at radius 3 is 1.51 bits per heavy atom. The van der Waals surface area contributed by atoms with E-state index in [1.54, 1.807) is 0 Å². The highest BCUT2D eigenvalue weighted by molar-refractivity contribution is 7.26. The van der Waals surface area contributed by atoms with Gasteiger partial charge in [0.25, 0.3) is 0 Å². The number of rotatable bonds is 5. The molecule has 6 aromatic carbocycles. The molecule has 0 aliphatic rings. The molecule has 0 unspecified atom stereocenters. The Morgan fingerprint density at radius 2 is 0.837 bits per heavy atom. The molecule has 43 heavy (non-hydrogen) atoms. The maximum atomic E-state index is 4.88. The first kappa shape index (κ1) is 25.3. The zero-order valence-corrected chi connectivity index (χ0v) is 24.0. The van der Waals surface area contributed by atoms with Crippen LogP contribution in [0.25, 0.3) is 76.6 Å². The van der Waals surface area contributed by atoms with E-state index in [4.69, 9.17) is 15.0 Å². The van der Waals surface area contributed by atoms with Crippen LogP contribution < -0.4 is 0 Å². The summed E-state index contributed by atoms with van der Waals surface area (Å²) in [6, 6.07) is 52.8. The van der Waals surface area contributed by atoms with Gasteiger partial charge in [0, 0.05) is 36.9 Å². The Balaban J connectivity index is 1.17. The number of thiophene rings is 1. The predicted molar refractivity (Wildman–Crippen MR) is 180 cm³/mol. The normalized spacial score (nSPS) is 11.3. The first-order valence-corrected chi connectivity index (χ1v) is 15.1. The van der Waals surface area contributed by atoms with E-state index in [9.17, 15) is 0 Å².